The van der Waals surface area contributed by atoms with E-state index in [1.165, 1.54) is 6.07 Å². The van der Waals surface area contributed by atoms with Gasteiger partial charge in [0.05, 0.1) is 11.7 Å². The lowest BCUT2D eigenvalue weighted by Crippen LogP contribution is -2.07. The molecule has 2 aromatic rings. The third-order valence-electron chi connectivity index (χ3n) is 3.19. The molecule has 0 saturated heterocycles. The lowest BCUT2D eigenvalue weighted by Gasteiger charge is -2.15. The molecule has 5 heteroatoms. The van der Waals surface area contributed by atoms with Crippen LogP contribution in [0.25, 0.3) is 0 Å². The van der Waals surface area contributed by atoms with Crippen molar-refractivity contribution in [2.45, 2.75) is 25.6 Å². The Labute approximate surface area is 129 Å². The summed E-state index contributed by atoms with van der Waals surface area (Å²) in [5, 5.41) is 10.3. The molecule has 2 aromatic carbocycles. The van der Waals surface area contributed by atoms with E-state index in [9.17, 15) is 18.3 Å². The Kier molecular flexibility index (Phi) is 4.74. The maximum absolute atomic E-state index is 12.7. The van der Waals surface area contributed by atoms with Crippen molar-refractivity contribution in [2.24, 2.45) is 0 Å². The Morgan fingerprint density at radius 3 is 2.52 bits per heavy atom. The number of aliphatic hydroxyl groups excluding tert-OH is 1. The van der Waals surface area contributed by atoms with E-state index >= 15 is 0 Å². The predicted molar refractivity (Wildman–Crippen MR) is 79.0 cm³/mol. The van der Waals surface area contributed by atoms with Gasteiger partial charge in [-0.3, -0.25) is 0 Å². The fraction of sp³-hybridized carbons (Fsp3) is 0.250. The first kappa shape index (κ1) is 16.0. The highest BCUT2D eigenvalue weighted by atomic mass is 79.9. The number of hydrogen-bond donors (Lipinski definition) is 1. The lowest BCUT2D eigenvalue weighted by molar-refractivity contribution is -0.137. The molecule has 1 N–H and O–H groups in total. The fourth-order valence-corrected chi connectivity index (χ4v) is 2.64. The Hall–Kier alpha value is -1.33. The smallest absolute Gasteiger partial charge is 0.388 e. The van der Waals surface area contributed by atoms with Crippen molar-refractivity contribution >= 4 is 15.9 Å². The summed E-state index contributed by atoms with van der Waals surface area (Å²) >= 11 is 3.35. The Morgan fingerprint density at radius 1 is 1.14 bits per heavy atom. The summed E-state index contributed by atoms with van der Waals surface area (Å²) in [4.78, 5) is 0. The van der Waals surface area contributed by atoms with Crippen LogP contribution in [0, 0.1) is 6.92 Å². The predicted octanol–water partition coefficient (Wildman–Crippen LogP) is 5.05. The molecular weight excluding hydrogens is 345 g/mol. The van der Waals surface area contributed by atoms with Crippen LogP contribution in [0.5, 0.6) is 0 Å². The minimum absolute atomic E-state index is 0.131. The zero-order valence-corrected chi connectivity index (χ0v) is 12.9. The van der Waals surface area contributed by atoms with Crippen LogP contribution in [-0.4, -0.2) is 5.11 Å². The second kappa shape index (κ2) is 6.20. The fourth-order valence-electron chi connectivity index (χ4n) is 2.13. The topological polar surface area (TPSA) is 20.2 Å². The van der Waals surface area contributed by atoms with E-state index < -0.39 is 17.8 Å². The summed E-state index contributed by atoms with van der Waals surface area (Å²) in [6, 6.07) is 10.6. The number of hydrogen-bond acceptors (Lipinski definition) is 1. The third kappa shape index (κ3) is 4.08. The van der Waals surface area contributed by atoms with Crippen molar-refractivity contribution in [3.63, 3.8) is 0 Å². The van der Waals surface area contributed by atoms with Gasteiger partial charge in [0.25, 0.3) is 0 Å². The van der Waals surface area contributed by atoms with Crippen molar-refractivity contribution < 1.29 is 18.3 Å². The molecule has 0 amide bonds. The SMILES string of the molecule is Cc1ccc(Br)c(C(O)Cc2cccc(C(F)(F)F)c2)c1. The molecule has 0 fully saturated rings. The summed E-state index contributed by atoms with van der Waals surface area (Å²) in [7, 11) is 0. The first-order valence-electron chi connectivity index (χ1n) is 6.37. The standard InChI is InChI=1S/C16H14BrF3O/c1-10-5-6-14(17)13(7-10)15(21)9-11-3-2-4-12(8-11)16(18,19)20/h2-8,15,21H,9H2,1H3. The van der Waals surface area contributed by atoms with Gasteiger partial charge in [0.15, 0.2) is 0 Å². The minimum atomic E-state index is -4.37. The largest absolute Gasteiger partial charge is 0.416 e. The second-order valence-corrected chi connectivity index (χ2v) is 5.80. The zero-order chi connectivity index (χ0) is 15.6. The molecule has 1 unspecified atom stereocenters. The summed E-state index contributed by atoms with van der Waals surface area (Å²) in [6.45, 7) is 1.90. The maximum Gasteiger partial charge on any atom is 0.416 e. The van der Waals surface area contributed by atoms with Crippen LogP contribution in [0.1, 0.15) is 28.4 Å². The van der Waals surface area contributed by atoms with Gasteiger partial charge in [-0.2, -0.15) is 13.2 Å². The zero-order valence-electron chi connectivity index (χ0n) is 11.3. The molecule has 0 spiro atoms. The average Bonchev–Trinajstić information content (AvgIpc) is 2.41. The highest BCUT2D eigenvalue weighted by Gasteiger charge is 2.30. The van der Waals surface area contributed by atoms with Crippen molar-refractivity contribution in [3.05, 3.63) is 69.2 Å². The van der Waals surface area contributed by atoms with Crippen molar-refractivity contribution in [1.82, 2.24) is 0 Å². The van der Waals surface area contributed by atoms with Gasteiger partial charge in [-0.1, -0.05) is 51.8 Å². The molecule has 1 nitrogen and oxygen atoms in total. The molecule has 2 rings (SSSR count). The molecule has 0 aliphatic heterocycles. The Bertz CT molecular complexity index is 638. The molecular formula is C16H14BrF3O. The van der Waals surface area contributed by atoms with E-state index in [-0.39, 0.29) is 6.42 Å². The quantitative estimate of drug-likeness (QED) is 0.813. The molecule has 0 heterocycles. The highest BCUT2D eigenvalue weighted by Crippen LogP contribution is 2.31. The van der Waals surface area contributed by atoms with Crippen LogP contribution in [0.2, 0.25) is 0 Å². The van der Waals surface area contributed by atoms with E-state index in [1.54, 1.807) is 6.07 Å². The first-order valence-corrected chi connectivity index (χ1v) is 7.17. The van der Waals surface area contributed by atoms with Crippen LogP contribution >= 0.6 is 15.9 Å². The van der Waals surface area contributed by atoms with E-state index in [2.05, 4.69) is 15.9 Å². The van der Waals surface area contributed by atoms with Gasteiger partial charge in [0.1, 0.15) is 0 Å². The lowest BCUT2D eigenvalue weighted by atomic mass is 9.99. The van der Waals surface area contributed by atoms with Crippen LogP contribution in [0.3, 0.4) is 0 Å². The van der Waals surface area contributed by atoms with Crippen LogP contribution < -0.4 is 0 Å². The monoisotopic (exact) mass is 358 g/mol. The highest BCUT2D eigenvalue weighted by molar-refractivity contribution is 9.10. The molecule has 0 aliphatic carbocycles. The van der Waals surface area contributed by atoms with E-state index in [0.29, 0.717) is 11.1 Å². The summed E-state index contributed by atoms with van der Waals surface area (Å²) < 4.78 is 38.8. The average molecular weight is 359 g/mol. The number of rotatable bonds is 3. The van der Waals surface area contributed by atoms with E-state index in [0.717, 1.165) is 22.2 Å². The van der Waals surface area contributed by atoms with Gasteiger partial charge < -0.3 is 5.11 Å². The first-order chi connectivity index (χ1) is 9.77. The van der Waals surface area contributed by atoms with Crippen LogP contribution in [0.15, 0.2) is 46.9 Å². The number of halogens is 4. The molecule has 21 heavy (non-hydrogen) atoms. The third-order valence-corrected chi connectivity index (χ3v) is 3.92. The van der Waals surface area contributed by atoms with E-state index in [4.69, 9.17) is 0 Å². The number of aliphatic hydroxyl groups is 1. The van der Waals surface area contributed by atoms with Crippen molar-refractivity contribution in [3.8, 4) is 0 Å². The molecule has 0 radical (unpaired) electrons. The second-order valence-electron chi connectivity index (χ2n) is 4.94. The van der Waals surface area contributed by atoms with Crippen LogP contribution in [0.4, 0.5) is 13.2 Å². The summed E-state index contributed by atoms with van der Waals surface area (Å²) in [6.07, 6.45) is -5.10. The van der Waals surface area contributed by atoms with Gasteiger partial charge >= 0.3 is 6.18 Å². The maximum atomic E-state index is 12.7. The molecule has 0 bridgehead atoms. The summed E-state index contributed by atoms with van der Waals surface area (Å²) in [5.74, 6) is 0. The minimum Gasteiger partial charge on any atom is -0.388 e. The van der Waals surface area contributed by atoms with Gasteiger partial charge in [0.2, 0.25) is 0 Å². The summed E-state index contributed by atoms with van der Waals surface area (Å²) in [5.41, 5.74) is 1.41. The van der Waals surface area contributed by atoms with Gasteiger partial charge in [-0.25, -0.2) is 0 Å². The van der Waals surface area contributed by atoms with Crippen molar-refractivity contribution in [2.75, 3.05) is 0 Å². The normalized spacial score (nSPS) is 13.2. The van der Waals surface area contributed by atoms with E-state index in [1.807, 2.05) is 25.1 Å². The molecule has 1 atom stereocenters. The Morgan fingerprint density at radius 2 is 1.86 bits per heavy atom. The van der Waals surface area contributed by atoms with Crippen LogP contribution in [-0.2, 0) is 12.6 Å². The molecule has 112 valence electrons. The molecule has 0 aromatic heterocycles. The molecule has 0 saturated carbocycles. The van der Waals surface area contributed by atoms with Crippen molar-refractivity contribution in [1.29, 1.82) is 0 Å². The van der Waals surface area contributed by atoms with Gasteiger partial charge in [-0.15, -0.1) is 0 Å². The van der Waals surface area contributed by atoms with Gasteiger partial charge in [-0.05, 0) is 30.2 Å². The number of alkyl halides is 3. The Balaban J connectivity index is 2.23. The number of benzene rings is 2. The number of aryl methyl sites for hydroxylation is 1. The van der Waals surface area contributed by atoms with Gasteiger partial charge in [0, 0.05) is 10.9 Å². The molecule has 0 aliphatic rings.